The summed E-state index contributed by atoms with van der Waals surface area (Å²) in [5, 5.41) is 11.0. The molecule has 2 heterocycles. The van der Waals surface area contributed by atoms with Crippen LogP contribution in [-0.2, 0) is 6.42 Å². The molecule has 0 amide bonds. The lowest BCUT2D eigenvalue weighted by Crippen LogP contribution is -2.06. The lowest BCUT2D eigenvalue weighted by molar-refractivity contribution is 0.887. The third-order valence-corrected chi connectivity index (χ3v) is 3.30. The number of aromatic nitrogens is 4. The largest absolute Gasteiger partial charge is 0.383 e. The van der Waals surface area contributed by atoms with Crippen molar-refractivity contribution >= 4 is 5.82 Å². The SMILES string of the molecule is CCc1c(-c2ccc(=O)[nH]n2)nn(-c2ccccc2)c1N. The summed E-state index contributed by atoms with van der Waals surface area (Å²) in [6.07, 6.45) is 0.731. The zero-order valence-electron chi connectivity index (χ0n) is 11.6. The molecule has 6 nitrogen and oxygen atoms in total. The highest BCUT2D eigenvalue weighted by Gasteiger charge is 2.17. The Balaban J connectivity index is 2.18. The third-order valence-electron chi connectivity index (χ3n) is 3.30. The maximum atomic E-state index is 11.1. The number of nitrogen functional groups attached to an aromatic ring is 1. The number of nitrogens with zero attached hydrogens (tertiary/aromatic N) is 3. The van der Waals surface area contributed by atoms with Crippen molar-refractivity contribution in [3.05, 3.63) is 58.4 Å². The third kappa shape index (κ3) is 2.31. The molecule has 0 aliphatic rings. The minimum atomic E-state index is -0.243. The average molecular weight is 281 g/mol. The first-order valence-electron chi connectivity index (χ1n) is 6.69. The van der Waals surface area contributed by atoms with Crippen molar-refractivity contribution in [2.75, 3.05) is 5.73 Å². The first-order valence-corrected chi connectivity index (χ1v) is 6.69. The molecule has 0 unspecified atom stereocenters. The summed E-state index contributed by atoms with van der Waals surface area (Å²) in [4.78, 5) is 11.1. The van der Waals surface area contributed by atoms with Crippen LogP contribution in [0.3, 0.4) is 0 Å². The van der Waals surface area contributed by atoms with Crippen LogP contribution in [0.4, 0.5) is 5.82 Å². The molecule has 6 heteroatoms. The molecule has 0 aliphatic heterocycles. The predicted molar refractivity (Wildman–Crippen MR) is 81.2 cm³/mol. The first-order chi connectivity index (χ1) is 10.2. The summed E-state index contributed by atoms with van der Waals surface area (Å²) in [7, 11) is 0. The number of benzene rings is 1. The molecule has 0 atom stereocenters. The van der Waals surface area contributed by atoms with Crippen LogP contribution >= 0.6 is 0 Å². The molecule has 0 saturated carbocycles. The summed E-state index contributed by atoms with van der Waals surface area (Å²) in [5.74, 6) is 0.590. The molecule has 3 rings (SSSR count). The maximum absolute atomic E-state index is 11.1. The van der Waals surface area contributed by atoms with Crippen molar-refractivity contribution in [3.8, 4) is 17.1 Å². The van der Waals surface area contributed by atoms with Crippen molar-refractivity contribution < 1.29 is 0 Å². The van der Waals surface area contributed by atoms with Crippen LogP contribution in [-0.4, -0.2) is 20.0 Å². The van der Waals surface area contributed by atoms with E-state index in [0.29, 0.717) is 17.2 Å². The van der Waals surface area contributed by atoms with E-state index in [-0.39, 0.29) is 5.56 Å². The quantitative estimate of drug-likeness (QED) is 0.765. The van der Waals surface area contributed by atoms with Gasteiger partial charge in [-0.25, -0.2) is 9.78 Å². The maximum Gasteiger partial charge on any atom is 0.264 e. The summed E-state index contributed by atoms with van der Waals surface area (Å²) >= 11 is 0. The molecule has 2 aromatic heterocycles. The molecule has 0 radical (unpaired) electrons. The van der Waals surface area contributed by atoms with Gasteiger partial charge in [0, 0.05) is 11.6 Å². The Labute approximate surface area is 121 Å². The molecule has 0 saturated heterocycles. The Morgan fingerprint density at radius 2 is 1.95 bits per heavy atom. The van der Waals surface area contributed by atoms with Crippen molar-refractivity contribution in [1.29, 1.82) is 0 Å². The second-order valence-electron chi connectivity index (χ2n) is 4.62. The normalized spacial score (nSPS) is 10.7. The predicted octanol–water partition coefficient (Wildman–Crippen LogP) is 1.77. The number of hydrogen-bond donors (Lipinski definition) is 2. The van der Waals surface area contributed by atoms with Crippen LogP contribution < -0.4 is 11.3 Å². The van der Waals surface area contributed by atoms with Gasteiger partial charge in [-0.05, 0) is 24.6 Å². The van der Waals surface area contributed by atoms with Gasteiger partial charge in [0.25, 0.3) is 5.56 Å². The molecule has 0 fully saturated rings. The number of para-hydroxylation sites is 1. The molecule has 0 bridgehead atoms. The molecule has 21 heavy (non-hydrogen) atoms. The zero-order valence-corrected chi connectivity index (χ0v) is 11.6. The van der Waals surface area contributed by atoms with E-state index in [1.54, 1.807) is 10.7 Å². The van der Waals surface area contributed by atoms with E-state index in [1.165, 1.54) is 6.07 Å². The fraction of sp³-hybridized carbons (Fsp3) is 0.133. The lowest BCUT2D eigenvalue weighted by Gasteiger charge is -2.03. The van der Waals surface area contributed by atoms with E-state index in [4.69, 9.17) is 5.73 Å². The first kappa shape index (κ1) is 13.1. The van der Waals surface area contributed by atoms with Crippen molar-refractivity contribution in [2.24, 2.45) is 0 Å². The summed E-state index contributed by atoms with van der Waals surface area (Å²) < 4.78 is 1.70. The minimum Gasteiger partial charge on any atom is -0.383 e. The van der Waals surface area contributed by atoms with Gasteiger partial charge in [-0.2, -0.15) is 10.2 Å². The second-order valence-corrected chi connectivity index (χ2v) is 4.62. The highest BCUT2D eigenvalue weighted by atomic mass is 16.1. The van der Waals surface area contributed by atoms with E-state index in [2.05, 4.69) is 15.3 Å². The molecule has 0 spiro atoms. The van der Waals surface area contributed by atoms with Crippen molar-refractivity contribution in [3.63, 3.8) is 0 Å². The molecule has 106 valence electrons. The monoisotopic (exact) mass is 281 g/mol. The van der Waals surface area contributed by atoms with Crippen LogP contribution in [0, 0.1) is 0 Å². The number of nitrogens with two attached hydrogens (primary N) is 1. The molecule has 0 aliphatic carbocycles. The Hall–Kier alpha value is -2.89. The van der Waals surface area contributed by atoms with E-state index in [9.17, 15) is 4.79 Å². The average Bonchev–Trinajstić information content (AvgIpc) is 2.85. The number of rotatable bonds is 3. The summed E-state index contributed by atoms with van der Waals surface area (Å²) in [5.41, 5.74) is 9.07. The number of anilines is 1. The van der Waals surface area contributed by atoms with Crippen LogP contribution in [0.15, 0.2) is 47.3 Å². The van der Waals surface area contributed by atoms with Gasteiger partial charge in [-0.15, -0.1) is 0 Å². The van der Waals surface area contributed by atoms with E-state index >= 15 is 0 Å². The van der Waals surface area contributed by atoms with Gasteiger partial charge in [0.1, 0.15) is 17.2 Å². The minimum absolute atomic E-state index is 0.243. The van der Waals surface area contributed by atoms with Crippen molar-refractivity contribution in [1.82, 2.24) is 20.0 Å². The van der Waals surface area contributed by atoms with Crippen molar-refractivity contribution in [2.45, 2.75) is 13.3 Å². The van der Waals surface area contributed by atoms with Gasteiger partial charge >= 0.3 is 0 Å². The highest BCUT2D eigenvalue weighted by Crippen LogP contribution is 2.27. The fourth-order valence-corrected chi connectivity index (χ4v) is 2.26. The van der Waals surface area contributed by atoms with Gasteiger partial charge < -0.3 is 5.73 Å². The number of hydrogen-bond acceptors (Lipinski definition) is 4. The molecular weight excluding hydrogens is 266 g/mol. The molecular formula is C15H15N5O. The topological polar surface area (TPSA) is 89.6 Å². The Morgan fingerprint density at radius 1 is 1.19 bits per heavy atom. The summed E-state index contributed by atoms with van der Waals surface area (Å²) in [6, 6.07) is 12.8. The Bertz CT molecular complexity index is 799. The second kappa shape index (κ2) is 5.24. The van der Waals surface area contributed by atoms with E-state index in [1.807, 2.05) is 37.3 Å². The summed E-state index contributed by atoms with van der Waals surface area (Å²) in [6.45, 7) is 2.01. The zero-order chi connectivity index (χ0) is 14.8. The molecule has 3 aromatic rings. The number of nitrogens with one attached hydrogen (secondary N) is 1. The Kier molecular flexibility index (Phi) is 3.27. The van der Waals surface area contributed by atoms with Gasteiger partial charge in [0.05, 0.1) is 5.69 Å². The smallest absolute Gasteiger partial charge is 0.264 e. The van der Waals surface area contributed by atoms with E-state index < -0.39 is 0 Å². The van der Waals surface area contributed by atoms with Crippen LogP contribution in [0.5, 0.6) is 0 Å². The Morgan fingerprint density at radius 3 is 2.57 bits per heavy atom. The standard InChI is InChI=1S/C15H15N5O/c1-2-11-14(12-8-9-13(21)18-17-12)19-20(15(11)16)10-6-4-3-5-7-10/h3-9H,2,16H2,1H3,(H,18,21). The highest BCUT2D eigenvalue weighted by molar-refractivity contribution is 5.66. The molecule has 1 aromatic carbocycles. The molecule has 3 N–H and O–H groups in total. The van der Waals surface area contributed by atoms with Gasteiger partial charge in [-0.1, -0.05) is 25.1 Å². The van der Waals surface area contributed by atoms with Gasteiger partial charge in [0.15, 0.2) is 0 Å². The van der Waals surface area contributed by atoms with Crippen LogP contribution in [0.2, 0.25) is 0 Å². The van der Waals surface area contributed by atoms with Gasteiger partial charge in [-0.3, -0.25) is 4.79 Å². The van der Waals surface area contributed by atoms with Crippen LogP contribution in [0.25, 0.3) is 17.1 Å². The fourth-order valence-electron chi connectivity index (χ4n) is 2.26. The van der Waals surface area contributed by atoms with Gasteiger partial charge in [0.2, 0.25) is 0 Å². The number of H-pyrrole nitrogens is 1. The van der Waals surface area contributed by atoms with Crippen LogP contribution in [0.1, 0.15) is 12.5 Å². The lowest BCUT2D eigenvalue weighted by atomic mass is 10.1. The number of aromatic amines is 1. The van der Waals surface area contributed by atoms with E-state index in [0.717, 1.165) is 17.7 Å².